The topological polar surface area (TPSA) is 78.4 Å². The normalized spacial score (nSPS) is 13.0. The molecule has 1 aromatic carbocycles. The standard InChI is InChI=1S/C25H31F2N5O3/c1-7-31(8-2)12-22-29-20-11-28-19-9-18(23-15(4)30-35-16(23)5)21(33-6)10-17(19)24(20)32(22)14(3)13-34-25(26)27/h9-11,14,25H,7-8,12-13H2,1-6H3. The Morgan fingerprint density at radius 3 is 2.49 bits per heavy atom. The average molecular weight is 488 g/mol. The van der Waals surface area contributed by atoms with Gasteiger partial charge < -0.3 is 18.6 Å². The molecular weight excluding hydrogens is 456 g/mol. The van der Waals surface area contributed by atoms with Gasteiger partial charge in [0.15, 0.2) is 0 Å². The highest BCUT2D eigenvalue weighted by Crippen LogP contribution is 2.39. The summed E-state index contributed by atoms with van der Waals surface area (Å²) in [6.07, 6.45) is 1.73. The minimum absolute atomic E-state index is 0.146. The lowest BCUT2D eigenvalue weighted by atomic mass is 10.0. The molecule has 0 aliphatic heterocycles. The van der Waals surface area contributed by atoms with Crippen LogP contribution in [0.25, 0.3) is 33.1 Å². The lowest BCUT2D eigenvalue weighted by Gasteiger charge is -2.22. The number of pyridine rings is 1. The molecule has 8 nitrogen and oxygen atoms in total. The van der Waals surface area contributed by atoms with Gasteiger partial charge in [0.1, 0.15) is 22.9 Å². The fourth-order valence-corrected chi connectivity index (χ4v) is 4.60. The Morgan fingerprint density at radius 1 is 1.14 bits per heavy atom. The summed E-state index contributed by atoms with van der Waals surface area (Å²) in [5, 5.41) is 4.89. The number of methoxy groups -OCH3 is 1. The molecule has 0 saturated carbocycles. The molecule has 0 bridgehead atoms. The van der Waals surface area contributed by atoms with E-state index in [0.29, 0.717) is 23.6 Å². The zero-order valence-corrected chi connectivity index (χ0v) is 20.9. The van der Waals surface area contributed by atoms with E-state index in [9.17, 15) is 8.78 Å². The molecule has 0 spiro atoms. The van der Waals surface area contributed by atoms with Gasteiger partial charge in [-0.3, -0.25) is 9.88 Å². The van der Waals surface area contributed by atoms with Crippen LogP contribution < -0.4 is 4.74 Å². The third-order valence-corrected chi connectivity index (χ3v) is 6.38. The van der Waals surface area contributed by atoms with Crippen LogP contribution in [0.2, 0.25) is 0 Å². The number of rotatable bonds is 10. The molecule has 10 heteroatoms. The van der Waals surface area contributed by atoms with E-state index in [4.69, 9.17) is 14.2 Å². The molecule has 4 aromatic rings. The minimum atomic E-state index is -2.84. The number of benzene rings is 1. The molecule has 0 fully saturated rings. The summed E-state index contributed by atoms with van der Waals surface area (Å²) < 4.78 is 43.6. The summed E-state index contributed by atoms with van der Waals surface area (Å²) in [6.45, 7) is 9.04. The van der Waals surface area contributed by atoms with Crippen molar-refractivity contribution >= 4 is 21.9 Å². The molecule has 0 radical (unpaired) electrons. The molecule has 4 rings (SSSR count). The molecule has 3 heterocycles. The van der Waals surface area contributed by atoms with Crippen LogP contribution in [0, 0.1) is 13.8 Å². The summed E-state index contributed by atoms with van der Waals surface area (Å²) in [4.78, 5) is 11.8. The lowest BCUT2D eigenvalue weighted by molar-refractivity contribution is -0.135. The SMILES string of the molecule is CCN(CC)Cc1nc2cnc3cc(-c4c(C)noc4C)c(OC)cc3c2n1C(C)COC(F)F. The van der Waals surface area contributed by atoms with Gasteiger partial charge in [0, 0.05) is 10.9 Å². The van der Waals surface area contributed by atoms with Crippen LogP contribution in [0.5, 0.6) is 5.75 Å². The van der Waals surface area contributed by atoms with Crippen LogP contribution in [0.3, 0.4) is 0 Å². The maximum absolute atomic E-state index is 12.9. The van der Waals surface area contributed by atoms with Gasteiger partial charge in [-0.05, 0) is 46.0 Å². The third-order valence-electron chi connectivity index (χ3n) is 6.38. The van der Waals surface area contributed by atoms with Crippen LogP contribution in [-0.4, -0.2) is 58.0 Å². The predicted molar refractivity (Wildman–Crippen MR) is 130 cm³/mol. The number of aromatic nitrogens is 4. The van der Waals surface area contributed by atoms with Crippen molar-refractivity contribution in [2.75, 3.05) is 26.8 Å². The number of halogens is 2. The van der Waals surface area contributed by atoms with E-state index in [2.05, 4.69) is 33.6 Å². The van der Waals surface area contributed by atoms with E-state index < -0.39 is 6.61 Å². The number of nitrogens with zero attached hydrogens (tertiary/aromatic N) is 5. The van der Waals surface area contributed by atoms with Crippen molar-refractivity contribution < 1.29 is 22.8 Å². The molecule has 0 aliphatic rings. The molecule has 188 valence electrons. The van der Waals surface area contributed by atoms with E-state index in [1.807, 2.05) is 37.5 Å². The van der Waals surface area contributed by atoms with Gasteiger partial charge in [-0.1, -0.05) is 19.0 Å². The molecule has 35 heavy (non-hydrogen) atoms. The van der Waals surface area contributed by atoms with Gasteiger partial charge >= 0.3 is 6.61 Å². The maximum Gasteiger partial charge on any atom is 0.345 e. The predicted octanol–water partition coefficient (Wildman–Crippen LogP) is 5.51. The number of hydrogen-bond acceptors (Lipinski definition) is 7. The van der Waals surface area contributed by atoms with Gasteiger partial charge in [0.2, 0.25) is 0 Å². The first-order valence-corrected chi connectivity index (χ1v) is 11.7. The Morgan fingerprint density at radius 2 is 1.89 bits per heavy atom. The number of hydrogen-bond donors (Lipinski definition) is 0. The first-order valence-electron chi connectivity index (χ1n) is 11.7. The van der Waals surface area contributed by atoms with Crippen molar-refractivity contribution in [3.05, 3.63) is 35.6 Å². The zero-order valence-electron chi connectivity index (χ0n) is 20.9. The highest BCUT2D eigenvalue weighted by molar-refractivity contribution is 6.05. The van der Waals surface area contributed by atoms with E-state index in [1.165, 1.54) is 0 Å². The van der Waals surface area contributed by atoms with Crippen molar-refractivity contribution in [2.45, 2.75) is 53.8 Å². The van der Waals surface area contributed by atoms with E-state index in [0.717, 1.165) is 52.2 Å². The second kappa shape index (κ2) is 10.2. The monoisotopic (exact) mass is 487 g/mol. The Kier molecular flexibility index (Phi) is 7.32. The van der Waals surface area contributed by atoms with Crippen LogP contribution in [-0.2, 0) is 11.3 Å². The summed E-state index contributed by atoms with van der Waals surface area (Å²) in [6, 6.07) is 3.49. The average Bonchev–Trinajstić information content (AvgIpc) is 3.38. The smallest absolute Gasteiger partial charge is 0.345 e. The molecule has 0 amide bonds. The van der Waals surface area contributed by atoms with Crippen molar-refractivity contribution in [1.29, 1.82) is 0 Å². The Labute approximate surface area is 202 Å². The maximum atomic E-state index is 12.9. The van der Waals surface area contributed by atoms with E-state index in [1.54, 1.807) is 13.3 Å². The van der Waals surface area contributed by atoms with Crippen LogP contribution in [0.1, 0.15) is 44.1 Å². The molecule has 0 aliphatic carbocycles. The van der Waals surface area contributed by atoms with Gasteiger partial charge in [0.05, 0.1) is 54.8 Å². The lowest BCUT2D eigenvalue weighted by Crippen LogP contribution is -2.26. The second-order valence-corrected chi connectivity index (χ2v) is 8.56. The largest absolute Gasteiger partial charge is 0.496 e. The van der Waals surface area contributed by atoms with E-state index >= 15 is 0 Å². The quantitative estimate of drug-likeness (QED) is 0.292. The van der Waals surface area contributed by atoms with Crippen LogP contribution in [0.15, 0.2) is 22.9 Å². The fraction of sp³-hybridized carbons (Fsp3) is 0.480. The number of ether oxygens (including phenoxy) is 2. The molecular formula is C25H31F2N5O3. The zero-order chi connectivity index (χ0) is 25.3. The van der Waals surface area contributed by atoms with Gasteiger partial charge in [0.25, 0.3) is 0 Å². The first kappa shape index (κ1) is 25.0. The number of fused-ring (bicyclic) bond motifs is 3. The van der Waals surface area contributed by atoms with E-state index in [-0.39, 0.29) is 12.6 Å². The van der Waals surface area contributed by atoms with Crippen molar-refractivity contribution in [1.82, 2.24) is 24.6 Å². The third kappa shape index (κ3) is 4.72. The number of aryl methyl sites for hydroxylation is 2. The van der Waals surface area contributed by atoms with Crippen LogP contribution in [0.4, 0.5) is 8.78 Å². The minimum Gasteiger partial charge on any atom is -0.496 e. The van der Waals surface area contributed by atoms with Crippen molar-refractivity contribution in [2.24, 2.45) is 0 Å². The Bertz CT molecular complexity index is 1310. The molecule has 3 aromatic heterocycles. The van der Waals surface area contributed by atoms with Gasteiger partial charge in [-0.2, -0.15) is 8.78 Å². The second-order valence-electron chi connectivity index (χ2n) is 8.56. The summed E-state index contributed by atoms with van der Waals surface area (Å²) >= 11 is 0. The molecule has 0 saturated heterocycles. The molecule has 0 N–H and O–H groups in total. The summed E-state index contributed by atoms with van der Waals surface area (Å²) in [7, 11) is 1.61. The summed E-state index contributed by atoms with van der Waals surface area (Å²) in [5.74, 6) is 2.10. The Hall–Kier alpha value is -3.11. The summed E-state index contributed by atoms with van der Waals surface area (Å²) in [5.41, 5.74) is 4.67. The highest BCUT2D eigenvalue weighted by Gasteiger charge is 2.23. The number of alkyl halides is 2. The highest BCUT2D eigenvalue weighted by atomic mass is 19.3. The Balaban J connectivity index is 1.96. The van der Waals surface area contributed by atoms with Crippen molar-refractivity contribution in [3.8, 4) is 16.9 Å². The fourth-order valence-electron chi connectivity index (χ4n) is 4.60. The van der Waals surface area contributed by atoms with Crippen molar-refractivity contribution in [3.63, 3.8) is 0 Å². The molecule has 1 atom stereocenters. The number of imidazole rings is 1. The first-order chi connectivity index (χ1) is 16.8. The van der Waals surface area contributed by atoms with Crippen LogP contribution >= 0.6 is 0 Å². The van der Waals surface area contributed by atoms with Gasteiger partial charge in [-0.15, -0.1) is 0 Å². The van der Waals surface area contributed by atoms with Gasteiger partial charge in [-0.25, -0.2) is 4.98 Å². The molecule has 1 unspecified atom stereocenters.